The lowest BCUT2D eigenvalue weighted by atomic mass is 10.2. The zero-order valence-electron chi connectivity index (χ0n) is 9.16. The zero-order valence-corrected chi connectivity index (χ0v) is 9.16. The van der Waals surface area contributed by atoms with Gasteiger partial charge < -0.3 is 15.4 Å². The first-order valence-electron chi connectivity index (χ1n) is 4.99. The summed E-state index contributed by atoms with van der Waals surface area (Å²) in [7, 11) is 1.87. The average Bonchev–Trinajstić information content (AvgIpc) is 2.22. The van der Waals surface area contributed by atoms with E-state index in [2.05, 4.69) is 0 Å². The van der Waals surface area contributed by atoms with Crippen LogP contribution in [-0.2, 0) is 4.74 Å². The molecule has 1 aromatic carbocycles. The molecule has 4 heteroatoms. The van der Waals surface area contributed by atoms with Crippen molar-refractivity contribution in [1.82, 2.24) is 0 Å². The number of ether oxygens (including phenoxy) is 1. The number of nitrogens with zero attached hydrogens (tertiary/aromatic N) is 1. The molecular weight excluding hydrogens is 195 g/mol. The Labute approximate surface area is 89.6 Å². The summed E-state index contributed by atoms with van der Waals surface area (Å²) < 4.78 is 18.4. The van der Waals surface area contributed by atoms with Gasteiger partial charge in [0.05, 0.1) is 18.0 Å². The Balaban J connectivity index is 2.65. The predicted octanol–water partition coefficient (Wildman–Crippen LogP) is 1.88. The first-order valence-corrected chi connectivity index (χ1v) is 4.99. The van der Waals surface area contributed by atoms with Crippen molar-refractivity contribution in [3.63, 3.8) is 0 Å². The van der Waals surface area contributed by atoms with Gasteiger partial charge in [0, 0.05) is 20.2 Å². The van der Waals surface area contributed by atoms with Gasteiger partial charge in [0.1, 0.15) is 5.82 Å². The van der Waals surface area contributed by atoms with Gasteiger partial charge in [0.25, 0.3) is 0 Å². The number of hydrogen-bond donors (Lipinski definition) is 1. The molecule has 84 valence electrons. The minimum Gasteiger partial charge on any atom is -0.395 e. The Morgan fingerprint density at radius 3 is 2.87 bits per heavy atom. The van der Waals surface area contributed by atoms with Crippen LogP contribution in [-0.4, -0.2) is 26.8 Å². The highest BCUT2D eigenvalue weighted by Crippen LogP contribution is 2.24. The number of anilines is 2. The fourth-order valence-corrected chi connectivity index (χ4v) is 1.32. The fraction of sp³-hybridized carbons (Fsp3) is 0.455. The van der Waals surface area contributed by atoms with Crippen LogP contribution < -0.4 is 10.6 Å². The number of benzene rings is 1. The van der Waals surface area contributed by atoms with Crippen LogP contribution in [0.4, 0.5) is 15.8 Å². The number of hydrogen-bond acceptors (Lipinski definition) is 3. The van der Waals surface area contributed by atoms with Gasteiger partial charge in [-0.05, 0) is 19.1 Å². The highest BCUT2D eigenvalue weighted by atomic mass is 19.1. The van der Waals surface area contributed by atoms with Crippen LogP contribution in [0.15, 0.2) is 18.2 Å². The summed E-state index contributed by atoms with van der Waals surface area (Å²) in [6.07, 6.45) is 0. The molecule has 0 atom stereocenters. The maximum absolute atomic E-state index is 13.1. The van der Waals surface area contributed by atoms with Crippen molar-refractivity contribution in [2.24, 2.45) is 0 Å². The summed E-state index contributed by atoms with van der Waals surface area (Å²) in [6.45, 7) is 3.94. The van der Waals surface area contributed by atoms with Gasteiger partial charge >= 0.3 is 0 Å². The molecule has 0 saturated carbocycles. The van der Waals surface area contributed by atoms with Crippen molar-refractivity contribution in [2.75, 3.05) is 37.4 Å². The molecule has 0 bridgehead atoms. The van der Waals surface area contributed by atoms with Crippen molar-refractivity contribution in [1.29, 1.82) is 0 Å². The molecule has 0 aliphatic carbocycles. The van der Waals surface area contributed by atoms with E-state index in [1.165, 1.54) is 6.07 Å². The summed E-state index contributed by atoms with van der Waals surface area (Å²) >= 11 is 0. The van der Waals surface area contributed by atoms with E-state index >= 15 is 0 Å². The largest absolute Gasteiger partial charge is 0.395 e. The Morgan fingerprint density at radius 1 is 1.47 bits per heavy atom. The Hall–Kier alpha value is -1.29. The van der Waals surface area contributed by atoms with Crippen molar-refractivity contribution >= 4 is 11.4 Å². The third-order valence-corrected chi connectivity index (χ3v) is 2.22. The fourth-order valence-electron chi connectivity index (χ4n) is 1.32. The second kappa shape index (κ2) is 5.56. The molecule has 0 spiro atoms. The maximum Gasteiger partial charge on any atom is 0.148 e. The van der Waals surface area contributed by atoms with Crippen LogP contribution in [0, 0.1) is 5.82 Å². The van der Waals surface area contributed by atoms with E-state index in [1.54, 1.807) is 12.1 Å². The second-order valence-electron chi connectivity index (χ2n) is 3.29. The first kappa shape index (κ1) is 11.8. The molecule has 0 radical (unpaired) electrons. The average molecular weight is 212 g/mol. The Kier molecular flexibility index (Phi) is 4.37. The Bertz CT molecular complexity index is 317. The van der Waals surface area contributed by atoms with E-state index in [4.69, 9.17) is 10.5 Å². The van der Waals surface area contributed by atoms with Crippen LogP contribution in [0.5, 0.6) is 0 Å². The van der Waals surface area contributed by atoms with Gasteiger partial charge in [-0.2, -0.15) is 0 Å². The monoisotopic (exact) mass is 212 g/mol. The van der Waals surface area contributed by atoms with E-state index in [1.807, 2.05) is 18.9 Å². The summed E-state index contributed by atoms with van der Waals surface area (Å²) in [5.74, 6) is -0.379. The van der Waals surface area contributed by atoms with E-state index in [9.17, 15) is 4.39 Å². The molecule has 1 aromatic rings. The minimum absolute atomic E-state index is 0.191. The molecule has 0 fully saturated rings. The molecule has 0 heterocycles. The van der Waals surface area contributed by atoms with E-state index in [0.717, 1.165) is 0 Å². The number of halogens is 1. The van der Waals surface area contributed by atoms with Crippen molar-refractivity contribution in [2.45, 2.75) is 6.92 Å². The van der Waals surface area contributed by atoms with Crippen LogP contribution in [0.1, 0.15) is 6.92 Å². The Morgan fingerprint density at radius 2 is 2.20 bits per heavy atom. The number of rotatable bonds is 5. The lowest BCUT2D eigenvalue weighted by Crippen LogP contribution is -2.23. The molecule has 2 N–H and O–H groups in total. The standard InChI is InChI=1S/C11H17FN2O/c1-3-15-8-7-14(2)10-6-4-5-9(12)11(10)13/h4-6H,3,7-8,13H2,1-2H3. The molecule has 0 aliphatic heterocycles. The molecule has 0 aliphatic rings. The van der Waals surface area contributed by atoms with E-state index in [0.29, 0.717) is 25.4 Å². The van der Waals surface area contributed by atoms with Gasteiger partial charge in [0.2, 0.25) is 0 Å². The highest BCUT2D eigenvalue weighted by molar-refractivity contribution is 5.67. The SMILES string of the molecule is CCOCCN(C)c1cccc(F)c1N. The summed E-state index contributed by atoms with van der Waals surface area (Å²) in [5.41, 5.74) is 6.52. The van der Waals surface area contributed by atoms with E-state index in [-0.39, 0.29) is 11.5 Å². The lowest BCUT2D eigenvalue weighted by molar-refractivity contribution is 0.154. The second-order valence-corrected chi connectivity index (χ2v) is 3.29. The zero-order chi connectivity index (χ0) is 11.3. The maximum atomic E-state index is 13.1. The third kappa shape index (κ3) is 3.09. The summed E-state index contributed by atoms with van der Waals surface area (Å²) in [6, 6.07) is 4.80. The van der Waals surface area contributed by atoms with Gasteiger partial charge in [-0.25, -0.2) is 4.39 Å². The van der Waals surface area contributed by atoms with Crippen LogP contribution in [0.2, 0.25) is 0 Å². The first-order chi connectivity index (χ1) is 7.16. The van der Waals surface area contributed by atoms with Gasteiger partial charge in [0.15, 0.2) is 0 Å². The van der Waals surface area contributed by atoms with Crippen molar-refractivity contribution in [3.05, 3.63) is 24.0 Å². The molecule has 0 aromatic heterocycles. The highest BCUT2D eigenvalue weighted by Gasteiger charge is 2.08. The molecule has 3 nitrogen and oxygen atoms in total. The van der Waals surface area contributed by atoms with Crippen molar-refractivity contribution in [3.8, 4) is 0 Å². The summed E-state index contributed by atoms with van der Waals surface area (Å²) in [4.78, 5) is 1.88. The van der Waals surface area contributed by atoms with Crippen LogP contribution >= 0.6 is 0 Å². The molecule has 0 unspecified atom stereocenters. The third-order valence-electron chi connectivity index (χ3n) is 2.22. The topological polar surface area (TPSA) is 38.5 Å². The predicted molar refractivity (Wildman–Crippen MR) is 60.6 cm³/mol. The van der Waals surface area contributed by atoms with Gasteiger partial charge in [-0.1, -0.05) is 6.07 Å². The molecule has 15 heavy (non-hydrogen) atoms. The summed E-state index contributed by atoms with van der Waals surface area (Å²) in [5, 5.41) is 0. The molecule has 0 saturated heterocycles. The van der Waals surface area contributed by atoms with Crippen LogP contribution in [0.25, 0.3) is 0 Å². The molecule has 1 rings (SSSR count). The molecule has 0 amide bonds. The molecular formula is C11H17FN2O. The number of nitrogens with two attached hydrogens (primary N) is 1. The van der Waals surface area contributed by atoms with Crippen molar-refractivity contribution < 1.29 is 9.13 Å². The minimum atomic E-state index is -0.379. The lowest BCUT2D eigenvalue weighted by Gasteiger charge is -2.20. The van der Waals surface area contributed by atoms with Gasteiger partial charge in [-0.3, -0.25) is 0 Å². The normalized spacial score (nSPS) is 10.3. The quantitative estimate of drug-likeness (QED) is 0.598. The van der Waals surface area contributed by atoms with Gasteiger partial charge in [-0.15, -0.1) is 0 Å². The van der Waals surface area contributed by atoms with E-state index < -0.39 is 0 Å². The van der Waals surface area contributed by atoms with Crippen LogP contribution in [0.3, 0.4) is 0 Å². The number of likely N-dealkylation sites (N-methyl/N-ethyl adjacent to an activating group) is 1. The number of para-hydroxylation sites is 1. The number of nitrogen functional groups attached to an aromatic ring is 1. The smallest absolute Gasteiger partial charge is 0.148 e.